The van der Waals surface area contributed by atoms with E-state index < -0.39 is 26.0 Å². The van der Waals surface area contributed by atoms with E-state index in [0.717, 1.165) is 0 Å². The maximum Gasteiger partial charge on any atom is 0.485 e. The summed E-state index contributed by atoms with van der Waals surface area (Å²) in [6, 6.07) is 0. The van der Waals surface area contributed by atoms with Gasteiger partial charge in [-0.3, -0.25) is 9.11 Å². The summed E-state index contributed by atoms with van der Waals surface area (Å²) in [4.78, 5) is 30.4. The van der Waals surface area contributed by atoms with Crippen LogP contribution in [-0.4, -0.2) is 37.1 Å². The SMILES string of the molecule is NOP(=O)(O)O.NOP(=O)(O)O.O=S(=O)(O)O. The van der Waals surface area contributed by atoms with Crippen LogP contribution in [0.3, 0.4) is 0 Å². The average Bonchev–Trinajstić information content (AvgIpc) is 2.00. The minimum atomic E-state index is -4.67. The number of nitrogens with two attached hydrogens (primary N) is 2. The zero-order chi connectivity index (χ0) is 14.9. The number of hydrogen-bond acceptors (Lipinski definition) is 8. The van der Waals surface area contributed by atoms with Crippen LogP contribution in [0.5, 0.6) is 0 Å². The molecule has 0 saturated carbocycles. The molecule has 0 amide bonds. The fourth-order valence-electron chi connectivity index (χ4n) is 0. The topological polar surface area (TPSA) is 260 Å². The van der Waals surface area contributed by atoms with Gasteiger partial charge in [0, 0.05) is 0 Å². The van der Waals surface area contributed by atoms with Crippen molar-refractivity contribution < 1.29 is 55.5 Å². The van der Waals surface area contributed by atoms with Gasteiger partial charge in [-0.25, -0.2) is 30.2 Å². The molecule has 0 aromatic rings. The minimum absolute atomic E-state index is 3.10. The lowest BCUT2D eigenvalue weighted by Gasteiger charge is -1.92. The molecule has 0 heterocycles. The first kappa shape index (κ1) is 22.2. The summed E-state index contributed by atoms with van der Waals surface area (Å²) in [6.45, 7) is 0. The van der Waals surface area contributed by atoms with Crippen molar-refractivity contribution in [2.45, 2.75) is 0 Å². The van der Waals surface area contributed by atoms with Gasteiger partial charge < -0.3 is 19.6 Å². The van der Waals surface area contributed by atoms with E-state index in [1.54, 1.807) is 0 Å². The largest absolute Gasteiger partial charge is 0.485 e. The molecule has 0 aliphatic carbocycles. The van der Waals surface area contributed by atoms with Gasteiger partial charge in [-0.2, -0.15) is 8.42 Å². The highest BCUT2D eigenvalue weighted by Gasteiger charge is 2.09. The molecule has 0 spiro atoms. The zero-order valence-corrected chi connectivity index (χ0v) is 10.2. The van der Waals surface area contributed by atoms with E-state index in [9.17, 15) is 9.13 Å². The molecular formula is H10N2O12P2S. The maximum absolute atomic E-state index is 9.35. The van der Waals surface area contributed by atoms with E-state index in [4.69, 9.17) is 37.1 Å². The van der Waals surface area contributed by atoms with Gasteiger partial charge in [0.2, 0.25) is 0 Å². The molecule has 17 heavy (non-hydrogen) atoms. The van der Waals surface area contributed by atoms with Crippen molar-refractivity contribution in [1.82, 2.24) is 0 Å². The first-order valence-corrected chi connectivity index (χ1v) is 7.16. The van der Waals surface area contributed by atoms with Crippen molar-refractivity contribution >= 4 is 26.0 Å². The number of rotatable bonds is 2. The third-order valence-electron chi connectivity index (χ3n) is 0.275. The Morgan fingerprint density at radius 2 is 0.882 bits per heavy atom. The molecule has 0 aliphatic rings. The van der Waals surface area contributed by atoms with E-state index in [2.05, 4.69) is 21.0 Å². The Hall–Kier alpha value is 0.01000. The number of phosphoric acid groups is 2. The fourth-order valence-corrected chi connectivity index (χ4v) is 0. The first-order chi connectivity index (χ1) is 7.12. The van der Waals surface area contributed by atoms with Crippen molar-refractivity contribution in [2.24, 2.45) is 11.8 Å². The molecule has 0 fully saturated rings. The van der Waals surface area contributed by atoms with Crippen molar-refractivity contribution in [3.63, 3.8) is 0 Å². The predicted molar refractivity (Wildman–Crippen MR) is 48.8 cm³/mol. The summed E-state index contributed by atoms with van der Waals surface area (Å²) < 4.78 is 56.5. The lowest BCUT2D eigenvalue weighted by molar-refractivity contribution is 0.199. The molecule has 0 unspecified atom stereocenters. The van der Waals surface area contributed by atoms with E-state index in [1.165, 1.54) is 0 Å². The van der Waals surface area contributed by atoms with Crippen LogP contribution in [0.2, 0.25) is 0 Å². The van der Waals surface area contributed by atoms with E-state index in [0.29, 0.717) is 0 Å². The molecule has 0 radical (unpaired) electrons. The van der Waals surface area contributed by atoms with Gasteiger partial charge >= 0.3 is 26.0 Å². The molecule has 108 valence electrons. The third-order valence-corrected chi connectivity index (χ3v) is 0.824. The number of hydrogen-bond donors (Lipinski definition) is 8. The second-order valence-corrected chi connectivity index (χ2v) is 4.92. The van der Waals surface area contributed by atoms with Crippen LogP contribution in [0, 0.1) is 0 Å². The van der Waals surface area contributed by atoms with Gasteiger partial charge in [0.25, 0.3) is 0 Å². The second kappa shape index (κ2) is 9.01. The molecule has 0 aromatic carbocycles. The average molecular weight is 324 g/mol. The van der Waals surface area contributed by atoms with Gasteiger partial charge in [0.1, 0.15) is 0 Å². The van der Waals surface area contributed by atoms with Crippen molar-refractivity contribution in [3.05, 3.63) is 0 Å². The normalized spacial score (nSPS) is 11.8. The fraction of sp³-hybridized carbons (Fsp3) is 0. The van der Waals surface area contributed by atoms with E-state index in [-0.39, 0.29) is 0 Å². The van der Waals surface area contributed by atoms with Gasteiger partial charge in [0.05, 0.1) is 0 Å². The van der Waals surface area contributed by atoms with Crippen molar-refractivity contribution in [3.8, 4) is 0 Å². The molecular weight excluding hydrogens is 314 g/mol. The summed E-state index contributed by atoms with van der Waals surface area (Å²) in [6.07, 6.45) is 0. The predicted octanol–water partition coefficient (Wildman–Crippen LogP) is -2.71. The highest BCUT2D eigenvalue weighted by atomic mass is 32.3. The summed E-state index contributed by atoms with van der Waals surface area (Å²) in [5, 5.41) is 0. The summed E-state index contributed by atoms with van der Waals surface area (Å²) >= 11 is 0. The first-order valence-electron chi connectivity index (χ1n) is 2.70. The zero-order valence-electron chi connectivity index (χ0n) is 7.59. The van der Waals surface area contributed by atoms with Crippen molar-refractivity contribution in [1.29, 1.82) is 0 Å². The Morgan fingerprint density at radius 3 is 0.882 bits per heavy atom. The summed E-state index contributed by atoms with van der Waals surface area (Å²) in [5.41, 5.74) is 0. The quantitative estimate of drug-likeness (QED) is 0.146. The van der Waals surface area contributed by atoms with Gasteiger partial charge in [-0.1, -0.05) is 0 Å². The van der Waals surface area contributed by atoms with Gasteiger partial charge in [-0.15, -0.1) is 0 Å². The van der Waals surface area contributed by atoms with Crippen LogP contribution >= 0.6 is 15.6 Å². The Morgan fingerprint density at radius 1 is 0.824 bits per heavy atom. The Kier molecular flexibility index (Phi) is 11.8. The van der Waals surface area contributed by atoms with Gasteiger partial charge in [0.15, 0.2) is 0 Å². The Balaban J connectivity index is -0.000000174. The molecule has 0 bridgehead atoms. The lowest BCUT2D eigenvalue weighted by atomic mass is 13.6. The molecule has 0 atom stereocenters. The standard InChI is InChI=1S/2H4NO4P.H2O4S/c2*1-5-6(2,3)4;1-5(2,3)4/h2*1H2,(H2,2,3,4);(H2,1,2,3,4). The van der Waals surface area contributed by atoms with Crippen LogP contribution in [0.25, 0.3) is 0 Å². The van der Waals surface area contributed by atoms with E-state index in [1.807, 2.05) is 0 Å². The third kappa shape index (κ3) is 87.0. The van der Waals surface area contributed by atoms with Crippen LogP contribution in [0.15, 0.2) is 0 Å². The van der Waals surface area contributed by atoms with Crippen LogP contribution < -0.4 is 11.8 Å². The molecule has 17 heteroatoms. The van der Waals surface area contributed by atoms with E-state index >= 15 is 0 Å². The molecule has 0 saturated heterocycles. The van der Waals surface area contributed by atoms with Crippen molar-refractivity contribution in [2.75, 3.05) is 0 Å². The summed E-state index contributed by atoms with van der Waals surface area (Å²) in [7, 11) is -13.4. The molecule has 0 rings (SSSR count). The van der Waals surface area contributed by atoms with Crippen LogP contribution in [-0.2, 0) is 28.8 Å². The second-order valence-electron chi connectivity index (χ2n) is 1.64. The molecule has 10 N–H and O–H groups in total. The monoisotopic (exact) mass is 324 g/mol. The molecule has 14 nitrogen and oxygen atoms in total. The summed E-state index contributed by atoms with van der Waals surface area (Å²) in [5.74, 6) is 8.08. The highest BCUT2D eigenvalue weighted by Crippen LogP contribution is 2.32. The Labute approximate surface area is 94.1 Å². The smallest absolute Gasteiger partial charge is 0.302 e. The maximum atomic E-state index is 9.35. The lowest BCUT2D eigenvalue weighted by Crippen LogP contribution is -1.93. The van der Waals surface area contributed by atoms with Crippen LogP contribution in [0.4, 0.5) is 0 Å². The molecule has 0 aliphatic heterocycles. The van der Waals surface area contributed by atoms with Gasteiger partial charge in [-0.05, 0) is 0 Å². The Bertz CT molecular complexity index is 328. The minimum Gasteiger partial charge on any atom is -0.302 e. The molecule has 0 aromatic heterocycles. The van der Waals surface area contributed by atoms with Crippen LogP contribution in [0.1, 0.15) is 0 Å². The highest BCUT2D eigenvalue weighted by molar-refractivity contribution is 7.79.